The first-order valence-corrected chi connectivity index (χ1v) is 9.69. The molecule has 0 aromatic carbocycles. The quantitative estimate of drug-likeness (QED) is 0.608. The Balaban J connectivity index is 0.000000363. The summed E-state index contributed by atoms with van der Waals surface area (Å²) in [6.07, 6.45) is 3.28. The summed E-state index contributed by atoms with van der Waals surface area (Å²) in [5, 5.41) is 8.67. The lowest BCUT2D eigenvalue weighted by Crippen LogP contribution is -1.89. The molecule has 0 atom stereocenters. The number of halogens is 3. The van der Waals surface area contributed by atoms with Crippen LogP contribution in [0.2, 0.25) is 0 Å². The normalized spacial score (nSPS) is 9.29. The van der Waals surface area contributed by atoms with Gasteiger partial charge in [0.1, 0.15) is 0 Å². The standard InChI is InChI=1S/C7H8ClNO.C7H9NO2.Cl2OS/c1-10-7-4-6(5-8)2-3-9-7;1-10-7-4-6(5-9)2-3-8-7;1-4(2)3/h2-4H,5H2,1H3;2-4,9H,5H2,1H3;. The number of hydrogen-bond donors (Lipinski definition) is 1. The first kappa shape index (κ1) is 22.9. The summed E-state index contributed by atoms with van der Waals surface area (Å²) in [6.45, 7) is 0.0267. The van der Waals surface area contributed by atoms with Crippen LogP contribution in [-0.2, 0) is 21.7 Å². The highest BCUT2D eigenvalue weighted by molar-refractivity contribution is 8.26. The van der Waals surface area contributed by atoms with Crippen molar-refractivity contribution in [2.75, 3.05) is 14.2 Å². The van der Waals surface area contributed by atoms with Crippen molar-refractivity contribution in [2.24, 2.45) is 0 Å². The molecule has 1 N–H and O–H groups in total. The third-order valence-electron chi connectivity index (χ3n) is 2.35. The van der Waals surface area contributed by atoms with Gasteiger partial charge in [-0.15, -0.1) is 11.6 Å². The number of pyridine rings is 2. The molecule has 0 unspecified atom stereocenters. The van der Waals surface area contributed by atoms with E-state index in [0.717, 1.165) is 11.1 Å². The van der Waals surface area contributed by atoms with Crippen molar-refractivity contribution in [3.63, 3.8) is 0 Å². The number of alkyl halides is 1. The Bertz CT molecular complexity index is 530. The summed E-state index contributed by atoms with van der Waals surface area (Å²) < 4.78 is 18.8. The van der Waals surface area contributed by atoms with Crippen molar-refractivity contribution in [3.8, 4) is 11.8 Å². The number of ether oxygens (including phenoxy) is 2. The SMILES string of the molecule is COc1cc(CCl)ccn1.COc1cc(CO)ccn1.O=S(Cl)Cl. The van der Waals surface area contributed by atoms with Gasteiger partial charge in [0.05, 0.1) is 20.8 Å². The molecule has 0 radical (unpaired) electrons. The Morgan fingerprint density at radius 2 is 1.46 bits per heavy atom. The molecule has 2 aromatic rings. The Morgan fingerprint density at radius 1 is 1.04 bits per heavy atom. The maximum atomic E-state index is 9.09. The first-order valence-electron chi connectivity index (χ1n) is 6.35. The second kappa shape index (κ2) is 14.2. The molecule has 10 heteroatoms. The molecule has 0 saturated heterocycles. The molecule has 0 fully saturated rings. The minimum atomic E-state index is -1.67. The van der Waals surface area contributed by atoms with E-state index in [1.807, 2.05) is 12.1 Å². The average Bonchev–Trinajstić information content (AvgIpc) is 2.61. The predicted octanol–water partition coefficient (Wildman–Crippen LogP) is 3.45. The zero-order valence-electron chi connectivity index (χ0n) is 13.0. The van der Waals surface area contributed by atoms with E-state index in [4.69, 9.17) is 30.4 Å². The second-order valence-electron chi connectivity index (χ2n) is 3.89. The lowest BCUT2D eigenvalue weighted by molar-refractivity contribution is 0.280. The van der Waals surface area contributed by atoms with Crippen LogP contribution in [0.4, 0.5) is 0 Å². The summed E-state index contributed by atoms with van der Waals surface area (Å²) in [7, 11) is 10.5. The van der Waals surface area contributed by atoms with Gasteiger partial charge in [-0.2, -0.15) is 0 Å². The fraction of sp³-hybridized carbons (Fsp3) is 0.286. The van der Waals surface area contributed by atoms with Crippen molar-refractivity contribution in [1.29, 1.82) is 0 Å². The fourth-order valence-corrected chi connectivity index (χ4v) is 1.47. The lowest BCUT2D eigenvalue weighted by atomic mass is 10.3. The van der Waals surface area contributed by atoms with Crippen LogP contribution in [-0.4, -0.2) is 33.5 Å². The molecule has 2 aromatic heterocycles. The van der Waals surface area contributed by atoms with E-state index < -0.39 is 9.23 Å². The third-order valence-corrected chi connectivity index (χ3v) is 2.66. The van der Waals surface area contributed by atoms with E-state index in [-0.39, 0.29) is 6.61 Å². The minimum absolute atomic E-state index is 0.0267. The van der Waals surface area contributed by atoms with Crippen LogP contribution in [0.5, 0.6) is 11.8 Å². The largest absolute Gasteiger partial charge is 0.481 e. The van der Waals surface area contributed by atoms with Gasteiger partial charge in [0.15, 0.2) is 0 Å². The van der Waals surface area contributed by atoms with E-state index in [1.54, 1.807) is 38.7 Å². The van der Waals surface area contributed by atoms with E-state index in [1.165, 1.54) is 0 Å². The topological polar surface area (TPSA) is 81.5 Å². The number of methoxy groups -OCH3 is 2. The van der Waals surface area contributed by atoms with E-state index in [2.05, 4.69) is 31.3 Å². The molecule has 24 heavy (non-hydrogen) atoms. The summed E-state index contributed by atoms with van der Waals surface area (Å²) in [5.74, 6) is 1.64. The molecule has 0 aliphatic rings. The average molecular weight is 416 g/mol. The first-order chi connectivity index (χ1) is 11.5. The molecule has 0 aliphatic carbocycles. The maximum Gasteiger partial charge on any atom is 0.213 e. The molecule has 0 amide bonds. The van der Waals surface area contributed by atoms with Gasteiger partial charge in [-0.05, 0) is 23.3 Å². The zero-order chi connectivity index (χ0) is 18.4. The Hall–Kier alpha value is -1.12. The molecule has 0 aliphatic heterocycles. The van der Waals surface area contributed by atoms with Gasteiger partial charge in [-0.3, -0.25) is 0 Å². The van der Waals surface area contributed by atoms with Crippen molar-refractivity contribution in [2.45, 2.75) is 12.5 Å². The number of nitrogens with zero attached hydrogens (tertiary/aromatic N) is 2. The Morgan fingerprint density at radius 3 is 1.83 bits per heavy atom. The van der Waals surface area contributed by atoms with Crippen molar-refractivity contribution in [3.05, 3.63) is 47.8 Å². The minimum Gasteiger partial charge on any atom is -0.481 e. The fourth-order valence-electron chi connectivity index (χ4n) is 1.31. The number of hydrogen-bond acceptors (Lipinski definition) is 6. The van der Waals surface area contributed by atoms with Crippen LogP contribution in [0.3, 0.4) is 0 Å². The van der Waals surface area contributed by atoms with Crippen LogP contribution in [0.15, 0.2) is 36.7 Å². The van der Waals surface area contributed by atoms with Crippen molar-refractivity contribution < 1.29 is 18.8 Å². The van der Waals surface area contributed by atoms with E-state index >= 15 is 0 Å². The van der Waals surface area contributed by atoms with Crippen LogP contribution in [0, 0.1) is 0 Å². The highest BCUT2D eigenvalue weighted by Gasteiger charge is 1.93. The Kier molecular flexibility index (Phi) is 13.6. The smallest absolute Gasteiger partial charge is 0.213 e. The molecule has 2 rings (SSSR count). The highest BCUT2D eigenvalue weighted by atomic mass is 36.0. The number of aromatic nitrogens is 2. The van der Waals surface area contributed by atoms with Crippen molar-refractivity contribution in [1.82, 2.24) is 9.97 Å². The van der Waals surface area contributed by atoms with Crippen LogP contribution in [0.25, 0.3) is 0 Å². The van der Waals surface area contributed by atoms with Gasteiger partial charge < -0.3 is 14.6 Å². The van der Waals surface area contributed by atoms with Crippen LogP contribution < -0.4 is 9.47 Å². The van der Waals surface area contributed by atoms with Crippen molar-refractivity contribution >= 4 is 42.2 Å². The zero-order valence-corrected chi connectivity index (χ0v) is 16.1. The van der Waals surface area contributed by atoms with E-state index in [0.29, 0.717) is 17.6 Å². The van der Waals surface area contributed by atoms with Crippen LogP contribution in [0.1, 0.15) is 11.1 Å². The van der Waals surface area contributed by atoms with Gasteiger partial charge in [0.25, 0.3) is 0 Å². The van der Waals surface area contributed by atoms with Gasteiger partial charge in [0, 0.05) is 51.8 Å². The third kappa shape index (κ3) is 11.4. The molecular formula is C14H17Cl3N2O4S. The van der Waals surface area contributed by atoms with Gasteiger partial charge in [-0.1, -0.05) is 0 Å². The highest BCUT2D eigenvalue weighted by Crippen LogP contribution is 2.09. The summed E-state index contributed by atoms with van der Waals surface area (Å²) in [5.41, 5.74) is 1.83. The molecule has 134 valence electrons. The second-order valence-corrected chi connectivity index (χ2v) is 6.68. The molecular weight excluding hydrogens is 399 g/mol. The van der Waals surface area contributed by atoms with Gasteiger partial charge >= 0.3 is 0 Å². The summed E-state index contributed by atoms with van der Waals surface area (Å²) >= 11 is 5.57. The number of aliphatic hydroxyl groups excluding tert-OH is 1. The monoisotopic (exact) mass is 414 g/mol. The lowest BCUT2D eigenvalue weighted by Gasteiger charge is -1.98. The predicted molar refractivity (Wildman–Crippen MR) is 96.9 cm³/mol. The van der Waals surface area contributed by atoms with Gasteiger partial charge in [0.2, 0.25) is 21.0 Å². The summed E-state index contributed by atoms with van der Waals surface area (Å²) in [4.78, 5) is 7.80. The van der Waals surface area contributed by atoms with E-state index in [9.17, 15) is 0 Å². The molecule has 0 bridgehead atoms. The maximum absolute atomic E-state index is 9.09. The number of rotatable bonds is 4. The molecule has 0 saturated carbocycles. The Labute approximate surface area is 157 Å². The van der Waals surface area contributed by atoms with Crippen LogP contribution >= 0.6 is 33.0 Å². The summed E-state index contributed by atoms with van der Waals surface area (Å²) in [6, 6.07) is 7.10. The molecule has 0 spiro atoms. The van der Waals surface area contributed by atoms with Gasteiger partial charge in [-0.25, -0.2) is 14.2 Å². The number of aliphatic hydroxyl groups is 1. The molecule has 6 nitrogen and oxygen atoms in total. The molecule has 2 heterocycles.